The number of hydrogen-bond donors (Lipinski definition) is 0. The highest BCUT2D eigenvalue weighted by Crippen LogP contribution is 2.39. The van der Waals surface area contributed by atoms with Crippen LogP contribution >= 0.6 is 0 Å². The van der Waals surface area contributed by atoms with Gasteiger partial charge in [0, 0.05) is 33.7 Å². The van der Waals surface area contributed by atoms with Crippen molar-refractivity contribution < 1.29 is 4.42 Å². The molecule has 0 aliphatic rings. The SMILES string of the molecule is c1ccc(-c2nc(-c3ccccc3)nc(-c3cncc4oc5cc(-c6ccc7ccc8ccc9ccccc9c8c7c6)ccc5c34)n2)cc1. The lowest BCUT2D eigenvalue weighted by Crippen LogP contribution is -2.00. The summed E-state index contributed by atoms with van der Waals surface area (Å²) in [6.07, 6.45) is 3.59. The van der Waals surface area contributed by atoms with E-state index in [1.807, 2.05) is 66.9 Å². The average molecular weight is 627 g/mol. The molecule has 49 heavy (non-hydrogen) atoms. The molecule has 0 aliphatic heterocycles. The molecule has 228 valence electrons. The Labute approximate surface area is 281 Å². The first kappa shape index (κ1) is 27.4. The molecule has 5 nitrogen and oxygen atoms in total. The van der Waals surface area contributed by atoms with E-state index in [1.165, 1.54) is 32.3 Å². The zero-order valence-electron chi connectivity index (χ0n) is 26.2. The van der Waals surface area contributed by atoms with Crippen LogP contribution in [-0.4, -0.2) is 19.9 Å². The van der Waals surface area contributed by atoms with Crippen molar-refractivity contribution in [1.82, 2.24) is 19.9 Å². The summed E-state index contributed by atoms with van der Waals surface area (Å²) in [5, 5.41) is 9.38. The van der Waals surface area contributed by atoms with E-state index in [4.69, 9.17) is 19.4 Å². The van der Waals surface area contributed by atoms with Crippen LogP contribution < -0.4 is 0 Å². The molecule has 3 aromatic heterocycles. The maximum atomic E-state index is 6.49. The summed E-state index contributed by atoms with van der Waals surface area (Å²) in [4.78, 5) is 19.4. The third kappa shape index (κ3) is 4.55. The second kappa shape index (κ2) is 10.9. The van der Waals surface area contributed by atoms with E-state index < -0.39 is 0 Å². The van der Waals surface area contributed by atoms with Crippen molar-refractivity contribution in [2.75, 3.05) is 0 Å². The van der Waals surface area contributed by atoms with Crippen molar-refractivity contribution in [3.63, 3.8) is 0 Å². The monoisotopic (exact) mass is 626 g/mol. The largest absolute Gasteiger partial charge is 0.454 e. The molecular weight excluding hydrogens is 601 g/mol. The predicted molar refractivity (Wildman–Crippen MR) is 199 cm³/mol. The molecule has 0 atom stereocenters. The Hall–Kier alpha value is -6.72. The predicted octanol–water partition coefficient (Wildman–Crippen LogP) is 11.3. The van der Waals surface area contributed by atoms with Crippen LogP contribution in [0.2, 0.25) is 0 Å². The van der Waals surface area contributed by atoms with Gasteiger partial charge in [-0.2, -0.15) is 0 Å². The third-order valence-electron chi connectivity index (χ3n) is 9.38. The molecule has 0 amide bonds. The normalized spacial score (nSPS) is 11.7. The molecule has 7 aromatic carbocycles. The number of fused-ring (bicyclic) bond motifs is 8. The fourth-order valence-electron chi connectivity index (χ4n) is 7.01. The van der Waals surface area contributed by atoms with Crippen LogP contribution in [-0.2, 0) is 0 Å². The molecule has 0 spiro atoms. The van der Waals surface area contributed by atoms with Gasteiger partial charge in [0.25, 0.3) is 0 Å². The first-order valence-electron chi connectivity index (χ1n) is 16.3. The lowest BCUT2D eigenvalue weighted by Gasteiger charge is -2.10. The summed E-state index contributed by atoms with van der Waals surface area (Å²) >= 11 is 0. The van der Waals surface area contributed by atoms with E-state index in [9.17, 15) is 0 Å². The summed E-state index contributed by atoms with van der Waals surface area (Å²) in [5.41, 5.74) is 6.31. The van der Waals surface area contributed by atoms with Gasteiger partial charge < -0.3 is 4.42 Å². The molecule has 0 radical (unpaired) electrons. The van der Waals surface area contributed by atoms with Gasteiger partial charge in [0.05, 0.1) is 6.20 Å². The molecule has 10 rings (SSSR count). The fraction of sp³-hybridized carbons (Fsp3) is 0. The third-order valence-corrected chi connectivity index (χ3v) is 9.38. The van der Waals surface area contributed by atoms with Gasteiger partial charge in [0.1, 0.15) is 5.58 Å². The van der Waals surface area contributed by atoms with Crippen molar-refractivity contribution in [1.29, 1.82) is 0 Å². The van der Waals surface area contributed by atoms with Gasteiger partial charge in [-0.3, -0.25) is 4.98 Å². The Morgan fingerprint density at radius 1 is 0.367 bits per heavy atom. The highest BCUT2D eigenvalue weighted by atomic mass is 16.3. The molecule has 3 heterocycles. The van der Waals surface area contributed by atoms with Crippen molar-refractivity contribution in [3.8, 4) is 45.3 Å². The van der Waals surface area contributed by atoms with Crippen molar-refractivity contribution in [2.45, 2.75) is 0 Å². The minimum absolute atomic E-state index is 0.547. The second-order valence-electron chi connectivity index (χ2n) is 12.3. The summed E-state index contributed by atoms with van der Waals surface area (Å²) < 4.78 is 6.49. The van der Waals surface area contributed by atoms with Gasteiger partial charge in [-0.15, -0.1) is 0 Å². The zero-order chi connectivity index (χ0) is 32.3. The molecule has 0 saturated heterocycles. The Bertz CT molecular complexity index is 2820. The van der Waals surface area contributed by atoms with Crippen LogP contribution in [0.5, 0.6) is 0 Å². The highest BCUT2D eigenvalue weighted by molar-refractivity contribution is 6.21. The van der Waals surface area contributed by atoms with Crippen LogP contribution in [0.4, 0.5) is 0 Å². The Morgan fingerprint density at radius 2 is 0.959 bits per heavy atom. The zero-order valence-corrected chi connectivity index (χ0v) is 26.2. The fourth-order valence-corrected chi connectivity index (χ4v) is 7.01. The van der Waals surface area contributed by atoms with Crippen LogP contribution in [0.15, 0.2) is 162 Å². The lowest BCUT2D eigenvalue weighted by molar-refractivity contribution is 0.667. The molecule has 5 heteroatoms. The van der Waals surface area contributed by atoms with E-state index >= 15 is 0 Å². The molecule has 0 aliphatic carbocycles. The summed E-state index contributed by atoms with van der Waals surface area (Å²) in [6, 6.07) is 50.6. The number of pyridine rings is 1. The maximum absolute atomic E-state index is 6.49. The Kier molecular flexibility index (Phi) is 6.11. The quantitative estimate of drug-likeness (QED) is 0.182. The number of hydrogen-bond acceptors (Lipinski definition) is 5. The second-order valence-corrected chi connectivity index (χ2v) is 12.3. The topological polar surface area (TPSA) is 64.7 Å². The van der Waals surface area contributed by atoms with Crippen LogP contribution in [0.25, 0.3) is 99.5 Å². The van der Waals surface area contributed by atoms with Crippen molar-refractivity contribution in [2.24, 2.45) is 0 Å². The van der Waals surface area contributed by atoms with Crippen molar-refractivity contribution in [3.05, 3.63) is 158 Å². The molecular formula is C44H26N4O. The number of furan rings is 1. The van der Waals surface area contributed by atoms with Crippen molar-refractivity contribution >= 4 is 54.3 Å². The van der Waals surface area contributed by atoms with Crippen LogP contribution in [0, 0.1) is 0 Å². The number of nitrogens with zero attached hydrogens (tertiary/aromatic N) is 4. The van der Waals surface area contributed by atoms with Gasteiger partial charge in [-0.05, 0) is 61.6 Å². The smallest absolute Gasteiger partial charge is 0.166 e. The van der Waals surface area contributed by atoms with E-state index in [2.05, 4.69) is 89.9 Å². The molecule has 0 saturated carbocycles. The Morgan fingerprint density at radius 3 is 1.71 bits per heavy atom. The number of benzene rings is 7. The van der Waals surface area contributed by atoms with Crippen LogP contribution in [0.3, 0.4) is 0 Å². The standard InChI is InChI=1S/C44H26N4O/c1-3-10-30(11-4-1)42-46-43(31-12-5-2-6-13-31)48-44(47-42)37-25-45-26-39-41(37)35-22-21-33(24-38(35)49-39)32-20-17-28-16-19-29-18-15-27-9-7-8-14-34(27)40(29)36(28)23-32/h1-26H. The van der Waals surface area contributed by atoms with E-state index in [0.29, 0.717) is 23.1 Å². The molecule has 0 bridgehead atoms. The van der Waals surface area contributed by atoms with Gasteiger partial charge in [0.2, 0.25) is 0 Å². The molecule has 0 unspecified atom stereocenters. The first-order chi connectivity index (χ1) is 24.3. The first-order valence-corrected chi connectivity index (χ1v) is 16.3. The van der Waals surface area contributed by atoms with E-state index in [-0.39, 0.29) is 0 Å². The minimum atomic E-state index is 0.547. The highest BCUT2D eigenvalue weighted by Gasteiger charge is 2.19. The van der Waals surface area contributed by atoms with E-state index in [1.54, 1.807) is 6.20 Å². The molecule has 0 fully saturated rings. The van der Waals surface area contributed by atoms with Gasteiger partial charge in [-0.1, -0.05) is 127 Å². The van der Waals surface area contributed by atoms with Gasteiger partial charge >= 0.3 is 0 Å². The molecule has 0 N–H and O–H groups in total. The lowest BCUT2D eigenvalue weighted by atomic mass is 9.93. The summed E-state index contributed by atoms with van der Waals surface area (Å²) in [7, 11) is 0. The average Bonchev–Trinajstić information content (AvgIpc) is 3.56. The number of aromatic nitrogens is 4. The Balaban J connectivity index is 1.14. The minimum Gasteiger partial charge on any atom is -0.454 e. The summed E-state index contributed by atoms with van der Waals surface area (Å²) in [5.74, 6) is 1.76. The number of rotatable bonds is 4. The van der Waals surface area contributed by atoms with Gasteiger partial charge in [0.15, 0.2) is 23.1 Å². The summed E-state index contributed by atoms with van der Waals surface area (Å²) in [6.45, 7) is 0. The van der Waals surface area contributed by atoms with Gasteiger partial charge in [-0.25, -0.2) is 15.0 Å². The van der Waals surface area contributed by atoms with Crippen LogP contribution in [0.1, 0.15) is 0 Å². The van der Waals surface area contributed by atoms with E-state index in [0.717, 1.165) is 44.2 Å². The molecule has 10 aromatic rings. The maximum Gasteiger partial charge on any atom is 0.166 e.